The van der Waals surface area contributed by atoms with Crippen LogP contribution in [0.4, 0.5) is 11.4 Å². The number of carbonyl (C=O) groups is 2. The molecule has 244 valence electrons. The number of ether oxygens (including phenoxy) is 2. The second-order valence-electron chi connectivity index (χ2n) is 11.1. The third kappa shape index (κ3) is 13.5. The first-order chi connectivity index (χ1) is 21.3. The maximum Gasteiger partial charge on any atom is 0.364 e. The van der Waals surface area contributed by atoms with Gasteiger partial charge in [-0.3, -0.25) is 0 Å². The summed E-state index contributed by atoms with van der Waals surface area (Å²) in [6, 6.07) is 16.0. The third-order valence-electron chi connectivity index (χ3n) is 7.73. The van der Waals surface area contributed by atoms with Crippen molar-refractivity contribution >= 4 is 35.5 Å². The molecule has 0 heterocycles. The highest BCUT2D eigenvalue weighted by Crippen LogP contribution is 2.19. The zero-order valence-corrected chi connectivity index (χ0v) is 27.2. The summed E-state index contributed by atoms with van der Waals surface area (Å²) in [5.74, 6) is -0.568. The number of hydrogen-bond acceptors (Lipinski definition) is 6. The molecule has 0 aliphatic heterocycles. The van der Waals surface area contributed by atoms with Crippen molar-refractivity contribution in [2.75, 3.05) is 62.3 Å². The van der Waals surface area contributed by atoms with Gasteiger partial charge in [0.2, 0.25) is 0 Å². The Morgan fingerprint density at radius 3 is 1.41 bits per heavy atom. The molecule has 10 nitrogen and oxygen atoms in total. The number of esters is 2. The Morgan fingerprint density at radius 1 is 0.659 bits per heavy atom. The van der Waals surface area contributed by atoms with Gasteiger partial charge in [-0.25, -0.2) is 9.59 Å². The van der Waals surface area contributed by atoms with Crippen LogP contribution in [0.2, 0.25) is 0 Å². The molecule has 2 rings (SSSR count). The fourth-order valence-corrected chi connectivity index (χ4v) is 4.86. The lowest BCUT2D eigenvalue weighted by Gasteiger charge is -2.25. The largest absolute Gasteiger partial charge is 0.459 e. The van der Waals surface area contributed by atoms with E-state index < -0.39 is 0 Å². The fourth-order valence-electron chi connectivity index (χ4n) is 4.86. The minimum atomic E-state index is -0.382. The van der Waals surface area contributed by atoms with E-state index in [4.69, 9.17) is 9.47 Å². The van der Waals surface area contributed by atoms with Gasteiger partial charge in [-0.15, -0.1) is 0 Å². The summed E-state index contributed by atoms with van der Waals surface area (Å²) in [6.07, 6.45) is 9.37. The second kappa shape index (κ2) is 21.3. The lowest BCUT2D eigenvalue weighted by molar-refractivity contribution is -0.411. The standard InChI is InChI=1S/C34H54N6O4/c1-3-39(4-2)29-17-13-27(14-18-29)11-12-28-15-19-30(20-16-28)40(23-25-43-33(41)31(37)9-5-7-21-35)24-26-44-34(42)32(38)10-6-8-22-36/h11-20,31-32H,3-10,21-26,35-38H2,1-2H3/p+4/b12-11+. The lowest BCUT2D eigenvalue weighted by Crippen LogP contribution is -2.65. The summed E-state index contributed by atoms with van der Waals surface area (Å²) in [5.41, 5.74) is 20.0. The van der Waals surface area contributed by atoms with E-state index in [-0.39, 0.29) is 37.2 Å². The minimum absolute atomic E-state index is 0.224. The van der Waals surface area contributed by atoms with Crippen molar-refractivity contribution in [2.45, 2.75) is 64.5 Å². The molecule has 0 bridgehead atoms. The number of benzene rings is 2. The molecule has 12 N–H and O–H groups in total. The van der Waals surface area contributed by atoms with Crippen molar-refractivity contribution in [1.29, 1.82) is 0 Å². The van der Waals surface area contributed by atoms with Crippen molar-refractivity contribution in [3.8, 4) is 0 Å². The zero-order valence-electron chi connectivity index (χ0n) is 27.2. The number of unbranched alkanes of at least 4 members (excludes halogenated alkanes) is 2. The van der Waals surface area contributed by atoms with Gasteiger partial charge in [0.15, 0.2) is 12.1 Å². The maximum absolute atomic E-state index is 12.4. The van der Waals surface area contributed by atoms with E-state index in [0.717, 1.165) is 68.7 Å². The topological polar surface area (TPSA) is 170 Å². The van der Waals surface area contributed by atoms with Crippen LogP contribution in [0.25, 0.3) is 12.2 Å². The Hall–Kier alpha value is -3.44. The molecule has 0 spiro atoms. The second-order valence-corrected chi connectivity index (χ2v) is 11.1. The van der Waals surface area contributed by atoms with Gasteiger partial charge in [-0.05, 0) is 74.9 Å². The molecule has 0 saturated heterocycles. The smallest absolute Gasteiger partial charge is 0.364 e. The van der Waals surface area contributed by atoms with Crippen LogP contribution in [0.1, 0.15) is 63.5 Å². The highest BCUT2D eigenvalue weighted by molar-refractivity contribution is 5.74. The van der Waals surface area contributed by atoms with E-state index >= 15 is 0 Å². The number of anilines is 2. The van der Waals surface area contributed by atoms with Crippen molar-refractivity contribution in [1.82, 2.24) is 0 Å². The third-order valence-corrected chi connectivity index (χ3v) is 7.73. The van der Waals surface area contributed by atoms with Crippen LogP contribution in [-0.2, 0) is 19.1 Å². The van der Waals surface area contributed by atoms with E-state index in [1.165, 1.54) is 5.69 Å². The van der Waals surface area contributed by atoms with E-state index in [0.29, 0.717) is 25.9 Å². The summed E-state index contributed by atoms with van der Waals surface area (Å²) < 4.78 is 11.1. The summed E-state index contributed by atoms with van der Waals surface area (Å²) in [4.78, 5) is 29.3. The average molecular weight is 615 g/mol. The van der Waals surface area contributed by atoms with Gasteiger partial charge in [-0.2, -0.15) is 0 Å². The molecule has 0 saturated carbocycles. The number of nitrogens with zero attached hydrogens (tertiary/aromatic N) is 2. The number of quaternary nitrogens is 4. The van der Waals surface area contributed by atoms with E-state index in [1.807, 2.05) is 12.1 Å². The Labute approximate surface area is 263 Å². The summed E-state index contributed by atoms with van der Waals surface area (Å²) in [5, 5.41) is 0. The van der Waals surface area contributed by atoms with E-state index in [2.05, 4.69) is 95.1 Å². The molecule has 2 atom stereocenters. The number of carbonyl (C=O) groups excluding carboxylic acids is 2. The SMILES string of the molecule is CCN(CC)c1ccc(/C=C/c2ccc(N(CCOC(=O)C([NH3+])CCCC[NH3+])CCOC(=O)C([NH3+])CCCC[NH3+])cc2)cc1. The van der Waals surface area contributed by atoms with Crippen molar-refractivity contribution in [3.63, 3.8) is 0 Å². The van der Waals surface area contributed by atoms with Crippen LogP contribution >= 0.6 is 0 Å². The highest BCUT2D eigenvalue weighted by atomic mass is 16.5. The predicted octanol–water partition coefficient (Wildman–Crippen LogP) is 0.641. The first-order valence-corrected chi connectivity index (χ1v) is 16.3. The van der Waals surface area contributed by atoms with Gasteiger partial charge >= 0.3 is 11.9 Å². The van der Waals surface area contributed by atoms with Crippen LogP contribution in [0.15, 0.2) is 48.5 Å². The van der Waals surface area contributed by atoms with E-state index in [1.54, 1.807) is 0 Å². The van der Waals surface area contributed by atoms with Gasteiger partial charge < -0.3 is 42.2 Å². The van der Waals surface area contributed by atoms with Gasteiger partial charge in [0.25, 0.3) is 0 Å². The molecule has 0 aliphatic carbocycles. The molecule has 10 heteroatoms. The van der Waals surface area contributed by atoms with Crippen LogP contribution in [0.3, 0.4) is 0 Å². The zero-order chi connectivity index (χ0) is 32.2. The molecule has 0 aliphatic rings. The van der Waals surface area contributed by atoms with Gasteiger partial charge in [0.05, 0.1) is 26.2 Å². The molecule has 0 aromatic heterocycles. The molecule has 0 fully saturated rings. The summed E-state index contributed by atoms with van der Waals surface area (Å²) in [7, 11) is 0. The molecular weight excluding hydrogens is 556 g/mol. The fraction of sp³-hybridized carbons (Fsp3) is 0.529. The average Bonchev–Trinajstić information content (AvgIpc) is 3.04. The molecule has 44 heavy (non-hydrogen) atoms. The van der Waals surface area contributed by atoms with Crippen molar-refractivity contribution in [3.05, 3.63) is 59.7 Å². The van der Waals surface area contributed by atoms with Crippen LogP contribution in [0, 0.1) is 0 Å². The minimum Gasteiger partial charge on any atom is -0.459 e. The van der Waals surface area contributed by atoms with Gasteiger partial charge in [0, 0.05) is 37.3 Å². The Balaban J connectivity index is 2.02. The summed E-state index contributed by atoms with van der Waals surface area (Å²) in [6.45, 7) is 9.40. The Kier molecular flexibility index (Phi) is 17.8. The molecular formula is C34H58N6O4+4. The predicted molar refractivity (Wildman–Crippen MR) is 176 cm³/mol. The van der Waals surface area contributed by atoms with Crippen molar-refractivity contribution in [2.24, 2.45) is 0 Å². The van der Waals surface area contributed by atoms with Crippen molar-refractivity contribution < 1.29 is 42.0 Å². The number of hydrogen-bond donors (Lipinski definition) is 4. The molecule has 2 aromatic rings. The van der Waals surface area contributed by atoms with Gasteiger partial charge in [-0.1, -0.05) is 36.4 Å². The Bertz CT molecular complexity index is 1070. The van der Waals surface area contributed by atoms with Gasteiger partial charge in [0.1, 0.15) is 13.2 Å². The highest BCUT2D eigenvalue weighted by Gasteiger charge is 2.20. The maximum atomic E-state index is 12.4. The molecule has 2 aromatic carbocycles. The molecule has 2 unspecified atom stereocenters. The lowest BCUT2D eigenvalue weighted by atomic mass is 10.1. The monoisotopic (exact) mass is 614 g/mol. The molecule has 0 amide bonds. The Morgan fingerprint density at radius 2 is 1.05 bits per heavy atom. The van der Waals surface area contributed by atoms with Crippen LogP contribution < -0.4 is 32.7 Å². The van der Waals surface area contributed by atoms with Crippen LogP contribution in [-0.4, -0.2) is 76.5 Å². The normalized spacial score (nSPS) is 12.6. The van der Waals surface area contributed by atoms with Crippen LogP contribution in [0.5, 0.6) is 0 Å². The molecule has 0 radical (unpaired) electrons. The number of rotatable bonds is 22. The first kappa shape index (κ1) is 36.8. The van der Waals surface area contributed by atoms with E-state index in [9.17, 15) is 9.59 Å². The first-order valence-electron chi connectivity index (χ1n) is 16.3. The summed E-state index contributed by atoms with van der Waals surface area (Å²) >= 11 is 0. The quantitative estimate of drug-likeness (QED) is 0.0862.